The van der Waals surface area contributed by atoms with E-state index < -0.39 is 11.8 Å². The molecule has 198 valence electrons. The minimum absolute atomic E-state index is 0.00448. The fourth-order valence-electron chi connectivity index (χ4n) is 5.27. The van der Waals surface area contributed by atoms with Gasteiger partial charge in [-0.15, -0.1) is 0 Å². The first-order valence-electron chi connectivity index (χ1n) is 12.9. The van der Waals surface area contributed by atoms with Crippen molar-refractivity contribution in [1.29, 1.82) is 0 Å². The largest absolute Gasteiger partial charge is 0.497 e. The van der Waals surface area contributed by atoms with E-state index in [-0.39, 0.29) is 35.8 Å². The number of piperidine rings is 1. The summed E-state index contributed by atoms with van der Waals surface area (Å²) in [6.07, 6.45) is 3.27. The number of methoxy groups -OCH3 is 1. The van der Waals surface area contributed by atoms with E-state index in [0.717, 1.165) is 12.8 Å². The Morgan fingerprint density at radius 1 is 1.19 bits per heavy atom. The Labute approximate surface area is 213 Å². The fraction of sp³-hybridized carbons (Fsp3) is 0.667. The molecule has 3 saturated heterocycles. The summed E-state index contributed by atoms with van der Waals surface area (Å²) < 4.78 is 17.2. The molecule has 9 heteroatoms. The summed E-state index contributed by atoms with van der Waals surface area (Å²) in [5.74, 6) is 0.145. The molecule has 0 aromatic heterocycles. The average Bonchev–Trinajstić information content (AvgIpc) is 3.50. The summed E-state index contributed by atoms with van der Waals surface area (Å²) >= 11 is 0. The van der Waals surface area contributed by atoms with Crippen LogP contribution in [0.25, 0.3) is 0 Å². The van der Waals surface area contributed by atoms with Crippen LogP contribution < -0.4 is 10.1 Å². The van der Waals surface area contributed by atoms with Crippen LogP contribution >= 0.6 is 0 Å². The molecule has 1 aromatic rings. The van der Waals surface area contributed by atoms with Gasteiger partial charge in [0.1, 0.15) is 17.5 Å². The third kappa shape index (κ3) is 5.83. The Hall–Kier alpha value is -2.65. The van der Waals surface area contributed by atoms with Gasteiger partial charge in [0.05, 0.1) is 19.8 Å². The fourth-order valence-corrected chi connectivity index (χ4v) is 5.27. The van der Waals surface area contributed by atoms with Crippen LogP contribution in [-0.4, -0.2) is 85.3 Å². The van der Waals surface area contributed by atoms with Crippen molar-refractivity contribution in [3.63, 3.8) is 0 Å². The van der Waals surface area contributed by atoms with Crippen molar-refractivity contribution in [2.75, 3.05) is 40.0 Å². The minimum atomic E-state index is -0.940. The molecule has 0 saturated carbocycles. The summed E-state index contributed by atoms with van der Waals surface area (Å²) in [6, 6.07) is 6.17. The number of nitrogens with zero attached hydrogens (tertiary/aromatic N) is 2. The van der Waals surface area contributed by atoms with Crippen molar-refractivity contribution in [2.24, 2.45) is 5.41 Å². The van der Waals surface area contributed by atoms with E-state index in [0.29, 0.717) is 56.8 Å². The standard InChI is InChI=1S/C27H39N3O6/c1-26(2,3)16-23(31)29-12-10-27(11-13-29)30(25(33)19-7-5-8-20(15-19)34-4)22(18-36-27)24(32)28-17-21-9-6-14-35-21/h5,7-8,15,21-22H,6,9-14,16-18H2,1-4H3,(H,28,32)/t21-,22-/m1/s1. The van der Waals surface area contributed by atoms with Crippen molar-refractivity contribution in [3.05, 3.63) is 29.8 Å². The van der Waals surface area contributed by atoms with Crippen LogP contribution in [0.3, 0.4) is 0 Å². The lowest BCUT2D eigenvalue weighted by molar-refractivity contribution is -0.145. The van der Waals surface area contributed by atoms with Crippen LogP contribution in [0.4, 0.5) is 0 Å². The SMILES string of the molecule is COc1cccc(C(=O)N2[C@@H](C(=O)NC[C@H]3CCCO3)COC23CCN(C(=O)CC(C)(C)C)CC3)c1. The van der Waals surface area contributed by atoms with Gasteiger partial charge in [-0.25, -0.2) is 0 Å². The molecule has 3 amide bonds. The van der Waals surface area contributed by atoms with Crippen LogP contribution in [0.1, 0.15) is 63.2 Å². The summed E-state index contributed by atoms with van der Waals surface area (Å²) in [4.78, 5) is 43.4. The van der Waals surface area contributed by atoms with Crippen molar-refractivity contribution in [2.45, 2.75) is 70.7 Å². The molecule has 3 aliphatic rings. The molecule has 0 unspecified atom stereocenters. The molecule has 2 atom stereocenters. The molecule has 1 N–H and O–H groups in total. The lowest BCUT2D eigenvalue weighted by atomic mass is 9.90. The van der Waals surface area contributed by atoms with E-state index >= 15 is 0 Å². The molecule has 1 aromatic carbocycles. The minimum Gasteiger partial charge on any atom is -0.497 e. The quantitative estimate of drug-likeness (QED) is 0.644. The van der Waals surface area contributed by atoms with Crippen molar-refractivity contribution < 1.29 is 28.6 Å². The first kappa shape index (κ1) is 26.4. The van der Waals surface area contributed by atoms with E-state index in [1.165, 1.54) is 0 Å². The van der Waals surface area contributed by atoms with Gasteiger partial charge in [0, 0.05) is 51.1 Å². The predicted molar refractivity (Wildman–Crippen MR) is 134 cm³/mol. The Bertz CT molecular complexity index is 961. The lowest BCUT2D eigenvalue weighted by Crippen LogP contribution is -2.60. The van der Waals surface area contributed by atoms with Crippen LogP contribution in [0.15, 0.2) is 24.3 Å². The topological polar surface area (TPSA) is 97.4 Å². The maximum Gasteiger partial charge on any atom is 0.257 e. The first-order chi connectivity index (χ1) is 17.1. The molecular weight excluding hydrogens is 462 g/mol. The summed E-state index contributed by atoms with van der Waals surface area (Å²) in [5, 5.41) is 2.97. The molecular formula is C27H39N3O6. The zero-order valence-electron chi connectivity index (χ0n) is 21.9. The summed E-state index contributed by atoms with van der Waals surface area (Å²) in [5.41, 5.74) is -0.608. The van der Waals surface area contributed by atoms with E-state index in [4.69, 9.17) is 14.2 Å². The van der Waals surface area contributed by atoms with Crippen LogP contribution in [0, 0.1) is 5.41 Å². The smallest absolute Gasteiger partial charge is 0.257 e. The molecule has 3 fully saturated rings. The van der Waals surface area contributed by atoms with Gasteiger partial charge in [0.15, 0.2) is 0 Å². The van der Waals surface area contributed by atoms with Gasteiger partial charge in [0.2, 0.25) is 11.8 Å². The Balaban J connectivity index is 1.53. The average molecular weight is 502 g/mol. The first-order valence-corrected chi connectivity index (χ1v) is 12.9. The maximum atomic E-state index is 13.9. The third-order valence-electron chi connectivity index (χ3n) is 7.21. The number of carbonyl (C=O) groups is 3. The van der Waals surface area contributed by atoms with E-state index in [1.54, 1.807) is 36.3 Å². The Morgan fingerprint density at radius 3 is 2.58 bits per heavy atom. The van der Waals surface area contributed by atoms with Gasteiger partial charge in [-0.3, -0.25) is 19.3 Å². The second kappa shape index (κ2) is 10.8. The number of hydrogen-bond acceptors (Lipinski definition) is 6. The second-order valence-corrected chi connectivity index (χ2v) is 11.2. The highest BCUT2D eigenvalue weighted by Crippen LogP contribution is 2.39. The predicted octanol–water partition coefficient (Wildman–Crippen LogP) is 2.59. The molecule has 3 aliphatic heterocycles. The molecule has 0 bridgehead atoms. The molecule has 1 spiro atoms. The van der Waals surface area contributed by atoms with Gasteiger partial charge < -0.3 is 24.4 Å². The zero-order chi connectivity index (χ0) is 25.9. The lowest BCUT2D eigenvalue weighted by Gasteiger charge is -2.45. The highest BCUT2D eigenvalue weighted by molar-refractivity contribution is 5.98. The number of nitrogens with one attached hydrogen (secondary N) is 1. The number of amides is 3. The summed E-state index contributed by atoms with van der Waals surface area (Å²) in [7, 11) is 1.55. The highest BCUT2D eigenvalue weighted by Gasteiger charge is 2.54. The number of hydrogen-bond donors (Lipinski definition) is 1. The number of ether oxygens (including phenoxy) is 3. The maximum absolute atomic E-state index is 13.9. The van der Waals surface area contributed by atoms with Gasteiger partial charge in [0.25, 0.3) is 5.91 Å². The van der Waals surface area contributed by atoms with Gasteiger partial charge >= 0.3 is 0 Å². The third-order valence-corrected chi connectivity index (χ3v) is 7.21. The molecule has 36 heavy (non-hydrogen) atoms. The monoisotopic (exact) mass is 501 g/mol. The molecule has 4 rings (SSSR count). The van der Waals surface area contributed by atoms with Gasteiger partial charge in [-0.1, -0.05) is 26.8 Å². The Kier molecular flexibility index (Phi) is 7.90. The Morgan fingerprint density at radius 2 is 1.94 bits per heavy atom. The highest BCUT2D eigenvalue weighted by atomic mass is 16.5. The van der Waals surface area contributed by atoms with Gasteiger partial charge in [-0.2, -0.15) is 0 Å². The molecule has 3 heterocycles. The number of carbonyl (C=O) groups excluding carboxylic acids is 3. The van der Waals surface area contributed by atoms with Crippen LogP contribution in [0.5, 0.6) is 5.75 Å². The second-order valence-electron chi connectivity index (χ2n) is 11.2. The normalized spacial score (nSPS) is 23.7. The van der Waals surface area contributed by atoms with Crippen LogP contribution in [-0.2, 0) is 19.1 Å². The van der Waals surface area contributed by atoms with E-state index in [9.17, 15) is 14.4 Å². The van der Waals surface area contributed by atoms with Crippen molar-refractivity contribution in [3.8, 4) is 5.75 Å². The van der Waals surface area contributed by atoms with Gasteiger partial charge in [-0.05, 0) is 36.5 Å². The number of benzene rings is 1. The summed E-state index contributed by atoms with van der Waals surface area (Å²) in [6.45, 7) is 8.32. The molecule has 0 radical (unpaired) electrons. The van der Waals surface area contributed by atoms with Crippen molar-refractivity contribution in [1.82, 2.24) is 15.1 Å². The van der Waals surface area contributed by atoms with E-state index in [2.05, 4.69) is 5.32 Å². The van der Waals surface area contributed by atoms with E-state index in [1.807, 2.05) is 25.7 Å². The number of likely N-dealkylation sites (tertiary alicyclic amines) is 1. The van der Waals surface area contributed by atoms with Crippen LogP contribution in [0.2, 0.25) is 0 Å². The molecule has 9 nitrogen and oxygen atoms in total. The van der Waals surface area contributed by atoms with Crippen molar-refractivity contribution >= 4 is 17.7 Å². The number of rotatable bonds is 6. The zero-order valence-corrected chi connectivity index (χ0v) is 21.9. The molecule has 0 aliphatic carbocycles.